The van der Waals surface area contributed by atoms with Crippen LogP contribution in [0.25, 0.3) is 0 Å². The minimum atomic E-state index is 0.179. The molecule has 1 heterocycles. The van der Waals surface area contributed by atoms with Crippen LogP contribution in [0.15, 0.2) is 11.4 Å². The minimum Gasteiger partial charge on any atom is -0.391 e. The van der Waals surface area contributed by atoms with Crippen molar-refractivity contribution in [2.24, 2.45) is 0 Å². The first-order valence-electron chi connectivity index (χ1n) is 2.48. The molecule has 0 atom stereocenters. The molecule has 0 saturated carbocycles. The molecule has 1 nitrogen and oxygen atoms in total. The van der Waals surface area contributed by atoms with Gasteiger partial charge in [-0.2, -0.15) is 0 Å². The molecule has 8 heavy (non-hydrogen) atoms. The Morgan fingerprint density at radius 1 is 1.75 bits per heavy atom. The van der Waals surface area contributed by atoms with Gasteiger partial charge in [0.05, 0.1) is 6.61 Å². The summed E-state index contributed by atoms with van der Waals surface area (Å²) in [5, 5.41) is 10.6. The van der Waals surface area contributed by atoms with Crippen LogP contribution in [-0.4, -0.2) is 13.0 Å². The Morgan fingerprint density at radius 3 is 2.75 bits per heavy atom. The standard InChI is InChI=1S/C5H7BOS/c6-4-1-5(2-7)8-3-4/h1,3,7H,2,6H2. The highest BCUT2D eigenvalue weighted by atomic mass is 32.1. The van der Waals surface area contributed by atoms with Crippen molar-refractivity contribution in [3.05, 3.63) is 16.3 Å². The first-order chi connectivity index (χ1) is 3.83. The molecule has 1 N–H and O–H groups in total. The van der Waals surface area contributed by atoms with Gasteiger partial charge in [-0.1, -0.05) is 11.5 Å². The summed E-state index contributed by atoms with van der Waals surface area (Å²) >= 11 is 1.60. The van der Waals surface area contributed by atoms with E-state index in [9.17, 15) is 0 Å². The molecule has 0 saturated heterocycles. The Balaban J connectivity index is 2.84. The number of thiophene rings is 1. The first kappa shape index (κ1) is 5.85. The highest BCUT2D eigenvalue weighted by Gasteiger charge is 1.90. The van der Waals surface area contributed by atoms with E-state index in [0.717, 1.165) is 4.88 Å². The highest BCUT2D eigenvalue weighted by molar-refractivity contribution is 7.10. The molecule has 42 valence electrons. The quantitative estimate of drug-likeness (QED) is 0.503. The SMILES string of the molecule is Bc1csc(CO)c1. The van der Waals surface area contributed by atoms with E-state index < -0.39 is 0 Å². The summed E-state index contributed by atoms with van der Waals surface area (Å²) in [6.07, 6.45) is 0. The summed E-state index contributed by atoms with van der Waals surface area (Å²) in [4.78, 5) is 1.04. The average molecular weight is 126 g/mol. The van der Waals surface area contributed by atoms with E-state index in [-0.39, 0.29) is 6.61 Å². The van der Waals surface area contributed by atoms with Crippen LogP contribution in [0.1, 0.15) is 4.88 Å². The van der Waals surface area contributed by atoms with E-state index in [4.69, 9.17) is 5.11 Å². The van der Waals surface area contributed by atoms with Crippen LogP contribution in [0.5, 0.6) is 0 Å². The molecule has 1 aromatic rings. The number of aliphatic hydroxyl groups is 1. The summed E-state index contributed by atoms with van der Waals surface area (Å²) in [6.45, 7) is 0.179. The van der Waals surface area contributed by atoms with Crippen LogP contribution in [0.4, 0.5) is 0 Å². The Morgan fingerprint density at radius 2 is 2.50 bits per heavy atom. The summed E-state index contributed by atoms with van der Waals surface area (Å²) < 4.78 is 0. The van der Waals surface area contributed by atoms with Gasteiger partial charge in [-0.3, -0.25) is 0 Å². The van der Waals surface area contributed by atoms with Crippen molar-refractivity contribution in [2.75, 3.05) is 0 Å². The molecular weight excluding hydrogens is 119 g/mol. The zero-order valence-electron chi connectivity index (χ0n) is 4.72. The van der Waals surface area contributed by atoms with Crippen molar-refractivity contribution in [2.45, 2.75) is 6.61 Å². The summed E-state index contributed by atoms with van der Waals surface area (Å²) in [6, 6.07) is 1.99. The smallest absolute Gasteiger partial charge is 0.140 e. The van der Waals surface area contributed by atoms with Crippen molar-refractivity contribution >= 4 is 24.6 Å². The van der Waals surface area contributed by atoms with Crippen molar-refractivity contribution in [1.82, 2.24) is 0 Å². The normalized spacial score (nSPS) is 9.62. The van der Waals surface area contributed by atoms with E-state index >= 15 is 0 Å². The van der Waals surface area contributed by atoms with Gasteiger partial charge in [-0.25, -0.2) is 0 Å². The van der Waals surface area contributed by atoms with Crippen LogP contribution in [0.2, 0.25) is 0 Å². The van der Waals surface area contributed by atoms with Gasteiger partial charge in [0, 0.05) is 4.88 Å². The molecule has 3 heteroatoms. The molecule has 0 spiro atoms. The maximum atomic E-state index is 8.56. The molecule has 1 aromatic heterocycles. The predicted molar refractivity (Wildman–Crippen MR) is 38.4 cm³/mol. The van der Waals surface area contributed by atoms with Gasteiger partial charge in [-0.15, -0.1) is 11.3 Å². The molecule has 0 unspecified atom stereocenters. The zero-order chi connectivity index (χ0) is 5.98. The molecule has 0 aliphatic carbocycles. The molecule has 1 rings (SSSR count). The van der Waals surface area contributed by atoms with Crippen LogP contribution < -0.4 is 5.46 Å². The fourth-order valence-corrected chi connectivity index (χ4v) is 1.31. The van der Waals surface area contributed by atoms with Crippen molar-refractivity contribution in [1.29, 1.82) is 0 Å². The fourth-order valence-electron chi connectivity index (χ4n) is 0.574. The monoisotopic (exact) mass is 126 g/mol. The van der Waals surface area contributed by atoms with Gasteiger partial charge < -0.3 is 5.11 Å². The third-order valence-electron chi connectivity index (χ3n) is 0.941. The highest BCUT2D eigenvalue weighted by Crippen LogP contribution is 2.03. The summed E-state index contributed by atoms with van der Waals surface area (Å²) in [7, 11) is 2.02. The largest absolute Gasteiger partial charge is 0.391 e. The average Bonchev–Trinajstić information content (AvgIpc) is 2.14. The molecule has 0 aliphatic rings. The van der Waals surface area contributed by atoms with E-state index in [1.165, 1.54) is 5.46 Å². The molecule has 0 radical (unpaired) electrons. The molecule has 0 amide bonds. The Kier molecular flexibility index (Phi) is 1.71. The molecular formula is C5H7BOS. The third-order valence-corrected chi connectivity index (χ3v) is 1.98. The number of hydrogen-bond acceptors (Lipinski definition) is 2. The second-order valence-electron chi connectivity index (χ2n) is 1.75. The van der Waals surface area contributed by atoms with Crippen molar-refractivity contribution < 1.29 is 5.11 Å². The maximum Gasteiger partial charge on any atom is 0.140 e. The summed E-state index contributed by atoms with van der Waals surface area (Å²) in [5.74, 6) is 0. The second-order valence-corrected chi connectivity index (χ2v) is 2.74. The van der Waals surface area contributed by atoms with Crippen molar-refractivity contribution in [3.8, 4) is 0 Å². The maximum absolute atomic E-state index is 8.56. The Labute approximate surface area is 53.4 Å². The molecule has 0 aromatic carbocycles. The van der Waals surface area contributed by atoms with Gasteiger partial charge in [0.1, 0.15) is 7.85 Å². The predicted octanol–water partition coefficient (Wildman–Crippen LogP) is -0.501. The molecule has 0 bridgehead atoms. The van der Waals surface area contributed by atoms with E-state index in [1.807, 2.05) is 19.3 Å². The lowest BCUT2D eigenvalue weighted by Crippen LogP contribution is -1.93. The fraction of sp³-hybridized carbons (Fsp3) is 0.200. The zero-order valence-corrected chi connectivity index (χ0v) is 5.53. The first-order valence-corrected chi connectivity index (χ1v) is 3.36. The Bertz CT molecular complexity index is 173. The van der Waals surface area contributed by atoms with Crippen LogP contribution in [0.3, 0.4) is 0 Å². The topological polar surface area (TPSA) is 20.2 Å². The van der Waals surface area contributed by atoms with Crippen molar-refractivity contribution in [3.63, 3.8) is 0 Å². The van der Waals surface area contributed by atoms with Crippen LogP contribution in [0, 0.1) is 0 Å². The van der Waals surface area contributed by atoms with Gasteiger partial charge in [0.2, 0.25) is 0 Å². The van der Waals surface area contributed by atoms with Gasteiger partial charge in [0.15, 0.2) is 0 Å². The lowest BCUT2D eigenvalue weighted by atomic mass is 10.0. The minimum absolute atomic E-state index is 0.179. The molecule has 0 fully saturated rings. The van der Waals surface area contributed by atoms with Gasteiger partial charge in [0.25, 0.3) is 0 Å². The number of hydrogen-bond donors (Lipinski definition) is 1. The van der Waals surface area contributed by atoms with Crippen LogP contribution in [-0.2, 0) is 6.61 Å². The second kappa shape index (κ2) is 2.33. The molecule has 0 aliphatic heterocycles. The third kappa shape index (κ3) is 1.11. The lowest BCUT2D eigenvalue weighted by Gasteiger charge is -1.80. The number of rotatable bonds is 1. The van der Waals surface area contributed by atoms with Gasteiger partial charge >= 0.3 is 0 Å². The lowest BCUT2D eigenvalue weighted by molar-refractivity contribution is 0.285. The number of aliphatic hydroxyl groups excluding tert-OH is 1. The summed E-state index contributed by atoms with van der Waals surface area (Å²) in [5.41, 5.74) is 1.24. The van der Waals surface area contributed by atoms with Gasteiger partial charge in [-0.05, 0) is 5.38 Å². The van der Waals surface area contributed by atoms with E-state index in [0.29, 0.717) is 0 Å². The van der Waals surface area contributed by atoms with E-state index in [2.05, 4.69) is 0 Å². The Hall–Kier alpha value is -0.275. The van der Waals surface area contributed by atoms with Crippen LogP contribution >= 0.6 is 11.3 Å². The van der Waals surface area contributed by atoms with E-state index in [1.54, 1.807) is 11.3 Å².